The van der Waals surface area contributed by atoms with Crippen molar-refractivity contribution >= 4 is 32.4 Å². The molecule has 1 saturated heterocycles. The average Bonchev–Trinajstić information content (AvgIpc) is 3.48. The molecule has 0 bridgehead atoms. The quantitative estimate of drug-likeness (QED) is 0.575. The second kappa shape index (κ2) is 7.05. The lowest BCUT2D eigenvalue weighted by Crippen LogP contribution is -2.64. The molecule has 180 valence electrons. The lowest BCUT2D eigenvalue weighted by atomic mass is 9.95. The molecule has 10 nitrogen and oxygen atoms in total. The summed E-state index contributed by atoms with van der Waals surface area (Å²) >= 11 is 0. The molecule has 3 aromatic rings. The minimum absolute atomic E-state index is 0.0406. The number of hydrogen-bond donors (Lipinski definition) is 2. The van der Waals surface area contributed by atoms with Crippen LogP contribution in [0.4, 0.5) is 11.5 Å². The topological polar surface area (TPSA) is 122 Å². The Labute approximate surface area is 198 Å². The van der Waals surface area contributed by atoms with Gasteiger partial charge in [-0.15, -0.1) is 0 Å². The van der Waals surface area contributed by atoms with Gasteiger partial charge in [0.15, 0.2) is 27.2 Å². The zero-order chi connectivity index (χ0) is 23.9. The van der Waals surface area contributed by atoms with Gasteiger partial charge in [-0.25, -0.2) is 23.4 Å². The molecule has 0 radical (unpaired) electrons. The normalized spacial score (nSPS) is 25.4. The molecule has 2 N–H and O–H groups in total. The number of nitrogens with one attached hydrogen (secondary N) is 2. The smallest absolute Gasteiger partial charge is 0.185 e. The molecule has 3 aliphatic rings. The Morgan fingerprint density at radius 1 is 1.26 bits per heavy atom. The van der Waals surface area contributed by atoms with Gasteiger partial charge in [-0.2, -0.15) is 0 Å². The standard InChI is InChI=1S/C23H28N6O4S/c1-13-10-32-11-22(2)12-33-17-18(23(6-7-23)34(4,30)31)27-20(28-21(17)29(13)22)16-14-5-8-25-19(14)26-9-15(16)24-3/h5,8-9,13,24H,6-7,10-12H2,1-4H3,(H,25,26)/t13-,22+/m1/s1. The molecule has 2 atom stereocenters. The highest BCUT2D eigenvalue weighted by Gasteiger charge is 2.58. The number of nitrogens with zero attached hydrogens (tertiary/aromatic N) is 4. The number of pyridine rings is 1. The van der Waals surface area contributed by atoms with Crippen LogP contribution < -0.4 is 15.0 Å². The Bertz CT molecular complexity index is 1420. The van der Waals surface area contributed by atoms with E-state index in [2.05, 4.69) is 34.0 Å². The number of H-pyrrole nitrogens is 1. The molecule has 1 aliphatic carbocycles. The van der Waals surface area contributed by atoms with Crippen molar-refractivity contribution < 1.29 is 17.9 Å². The van der Waals surface area contributed by atoms with Gasteiger partial charge in [0.2, 0.25) is 0 Å². The fourth-order valence-corrected chi connectivity index (χ4v) is 6.75. The maximum Gasteiger partial charge on any atom is 0.185 e. The second-order valence-electron chi connectivity index (χ2n) is 9.87. The van der Waals surface area contributed by atoms with Gasteiger partial charge in [0.05, 0.1) is 42.2 Å². The highest BCUT2D eigenvalue weighted by atomic mass is 32.2. The Kier molecular flexibility index (Phi) is 4.48. The molecule has 1 saturated carbocycles. The number of aromatic amines is 1. The summed E-state index contributed by atoms with van der Waals surface area (Å²) in [6, 6.07) is 1.97. The summed E-state index contributed by atoms with van der Waals surface area (Å²) in [4.78, 5) is 19.8. The van der Waals surface area contributed by atoms with E-state index in [1.165, 1.54) is 6.26 Å². The van der Waals surface area contributed by atoms with E-state index in [1.54, 1.807) is 6.20 Å². The lowest BCUT2D eigenvalue weighted by Gasteiger charge is -2.51. The number of fused-ring (bicyclic) bond motifs is 4. The number of morpholine rings is 1. The van der Waals surface area contributed by atoms with E-state index in [-0.39, 0.29) is 6.04 Å². The number of ether oxygens (including phenoxy) is 2. The van der Waals surface area contributed by atoms with Crippen molar-refractivity contribution in [3.8, 4) is 17.1 Å². The molecule has 0 aromatic carbocycles. The van der Waals surface area contributed by atoms with Crippen LogP contribution in [0.5, 0.6) is 5.75 Å². The predicted molar refractivity (Wildman–Crippen MR) is 129 cm³/mol. The van der Waals surface area contributed by atoms with Gasteiger partial charge in [0, 0.05) is 24.9 Å². The van der Waals surface area contributed by atoms with E-state index in [0.717, 1.165) is 16.6 Å². The number of anilines is 2. The summed E-state index contributed by atoms with van der Waals surface area (Å²) in [5.41, 5.74) is 2.29. The first-order chi connectivity index (χ1) is 16.2. The van der Waals surface area contributed by atoms with Crippen molar-refractivity contribution in [2.75, 3.05) is 43.3 Å². The van der Waals surface area contributed by atoms with Crippen LogP contribution in [0.15, 0.2) is 18.5 Å². The molecule has 2 fully saturated rings. The third-order valence-corrected chi connectivity index (χ3v) is 9.34. The zero-order valence-corrected chi connectivity index (χ0v) is 20.5. The summed E-state index contributed by atoms with van der Waals surface area (Å²) in [6.07, 6.45) is 5.88. The summed E-state index contributed by atoms with van der Waals surface area (Å²) < 4.78 is 37.0. The highest BCUT2D eigenvalue weighted by molar-refractivity contribution is 7.92. The van der Waals surface area contributed by atoms with Crippen LogP contribution in [-0.2, 0) is 19.3 Å². The molecule has 3 aromatic heterocycles. The Hall–Kier alpha value is -2.92. The molecule has 5 heterocycles. The number of hydrogen-bond acceptors (Lipinski definition) is 9. The number of aromatic nitrogens is 4. The molecule has 2 aliphatic heterocycles. The van der Waals surface area contributed by atoms with E-state index in [9.17, 15) is 8.42 Å². The molecule has 0 unspecified atom stereocenters. The van der Waals surface area contributed by atoms with Crippen molar-refractivity contribution in [2.45, 2.75) is 43.0 Å². The van der Waals surface area contributed by atoms with Crippen molar-refractivity contribution in [1.29, 1.82) is 0 Å². The van der Waals surface area contributed by atoms with E-state index in [1.807, 2.05) is 19.3 Å². The fourth-order valence-electron chi connectivity index (χ4n) is 5.42. The van der Waals surface area contributed by atoms with Gasteiger partial charge in [-0.05, 0) is 32.8 Å². The van der Waals surface area contributed by atoms with E-state index >= 15 is 0 Å². The SMILES string of the molecule is CNc1cnc2[nH]ccc2c1-c1nc2c(c(C3(S(C)(=O)=O)CC3)n1)OC[C@]1(C)COC[C@@H](C)N21. The fraction of sp³-hybridized carbons (Fsp3) is 0.522. The first-order valence-electron chi connectivity index (χ1n) is 11.4. The maximum atomic E-state index is 13.0. The maximum absolute atomic E-state index is 13.0. The molecule has 6 rings (SSSR count). The van der Waals surface area contributed by atoms with E-state index < -0.39 is 20.1 Å². The first-order valence-corrected chi connectivity index (χ1v) is 13.3. The van der Waals surface area contributed by atoms with Gasteiger partial charge >= 0.3 is 0 Å². The van der Waals surface area contributed by atoms with Crippen LogP contribution in [0, 0.1) is 0 Å². The van der Waals surface area contributed by atoms with Crippen LogP contribution >= 0.6 is 0 Å². The predicted octanol–water partition coefficient (Wildman–Crippen LogP) is 2.47. The molecule has 11 heteroatoms. The minimum Gasteiger partial charge on any atom is -0.485 e. The third-order valence-electron chi connectivity index (χ3n) is 7.32. The highest BCUT2D eigenvalue weighted by Crippen LogP contribution is 2.57. The van der Waals surface area contributed by atoms with Gasteiger partial charge in [0.1, 0.15) is 22.7 Å². The average molecular weight is 485 g/mol. The van der Waals surface area contributed by atoms with Gasteiger partial charge in [-0.3, -0.25) is 0 Å². The molecular formula is C23H28N6O4S. The molecule has 0 amide bonds. The van der Waals surface area contributed by atoms with Crippen LogP contribution in [0.2, 0.25) is 0 Å². The zero-order valence-electron chi connectivity index (χ0n) is 19.7. The van der Waals surface area contributed by atoms with E-state index in [4.69, 9.17) is 19.4 Å². The molecular weight excluding hydrogens is 456 g/mol. The lowest BCUT2D eigenvalue weighted by molar-refractivity contribution is 0.00713. The van der Waals surface area contributed by atoms with Crippen molar-refractivity contribution in [2.24, 2.45) is 0 Å². The number of sulfone groups is 1. The van der Waals surface area contributed by atoms with Crippen LogP contribution in [0.3, 0.4) is 0 Å². The molecule has 0 spiro atoms. The summed E-state index contributed by atoms with van der Waals surface area (Å²) in [5, 5.41) is 4.05. The van der Waals surface area contributed by atoms with Crippen LogP contribution in [-0.4, -0.2) is 73.1 Å². The van der Waals surface area contributed by atoms with Gasteiger partial charge < -0.3 is 24.7 Å². The molecule has 34 heavy (non-hydrogen) atoms. The minimum atomic E-state index is -3.43. The summed E-state index contributed by atoms with van der Waals surface area (Å²) in [5.74, 6) is 1.55. The first kappa shape index (κ1) is 21.6. The monoisotopic (exact) mass is 484 g/mol. The Morgan fingerprint density at radius 3 is 2.76 bits per heavy atom. The van der Waals surface area contributed by atoms with Crippen LogP contribution in [0.25, 0.3) is 22.4 Å². The van der Waals surface area contributed by atoms with Gasteiger partial charge in [-0.1, -0.05) is 0 Å². The van der Waals surface area contributed by atoms with Crippen LogP contribution in [0.1, 0.15) is 32.4 Å². The van der Waals surface area contributed by atoms with Crippen molar-refractivity contribution in [1.82, 2.24) is 19.9 Å². The largest absolute Gasteiger partial charge is 0.485 e. The van der Waals surface area contributed by atoms with Crippen molar-refractivity contribution in [3.63, 3.8) is 0 Å². The Balaban J connectivity index is 1.68. The van der Waals surface area contributed by atoms with Crippen molar-refractivity contribution in [3.05, 3.63) is 24.2 Å². The Morgan fingerprint density at radius 2 is 2.06 bits per heavy atom. The summed E-state index contributed by atoms with van der Waals surface area (Å²) in [7, 11) is -1.61. The number of rotatable bonds is 4. The van der Waals surface area contributed by atoms with E-state index in [0.29, 0.717) is 61.4 Å². The van der Waals surface area contributed by atoms with Gasteiger partial charge in [0.25, 0.3) is 0 Å². The second-order valence-corrected chi connectivity index (χ2v) is 12.2. The summed E-state index contributed by atoms with van der Waals surface area (Å²) in [6.45, 7) is 5.61. The third kappa shape index (κ3) is 2.89.